The van der Waals surface area contributed by atoms with Crippen molar-refractivity contribution in [2.75, 3.05) is 5.32 Å². The third-order valence-electron chi connectivity index (χ3n) is 4.44. The number of benzene rings is 2. The van der Waals surface area contributed by atoms with E-state index in [1.165, 1.54) is 12.1 Å². The molecule has 6 heteroatoms. The number of nitrogens with one attached hydrogen (secondary N) is 2. The van der Waals surface area contributed by atoms with E-state index in [9.17, 15) is 4.39 Å². The summed E-state index contributed by atoms with van der Waals surface area (Å²) in [4.78, 5) is 12.4. The second kappa shape index (κ2) is 8.14. The molecule has 2 heterocycles. The Kier molecular flexibility index (Phi) is 5.24. The molecule has 2 aromatic heterocycles. The van der Waals surface area contributed by atoms with E-state index in [0.717, 1.165) is 28.3 Å². The Balaban J connectivity index is 1.50. The van der Waals surface area contributed by atoms with E-state index in [4.69, 9.17) is 4.74 Å². The molecule has 0 amide bonds. The average molecular weight is 388 g/mol. The summed E-state index contributed by atoms with van der Waals surface area (Å²) in [6.45, 7) is 4.12. The molecule has 0 radical (unpaired) electrons. The Bertz CT molecular complexity index is 1110. The van der Waals surface area contributed by atoms with E-state index < -0.39 is 0 Å². The van der Waals surface area contributed by atoms with Crippen LogP contribution >= 0.6 is 0 Å². The number of aryl methyl sites for hydroxylation is 2. The highest BCUT2D eigenvalue weighted by molar-refractivity contribution is 5.70. The molecule has 0 aliphatic heterocycles. The lowest BCUT2D eigenvalue weighted by atomic mass is 10.1. The summed E-state index contributed by atoms with van der Waals surface area (Å²) >= 11 is 0. The van der Waals surface area contributed by atoms with Crippen LogP contribution in [-0.4, -0.2) is 15.0 Å². The van der Waals surface area contributed by atoms with Gasteiger partial charge in [0.1, 0.15) is 24.0 Å². The van der Waals surface area contributed by atoms with Gasteiger partial charge in [-0.1, -0.05) is 30.3 Å². The van der Waals surface area contributed by atoms with Crippen LogP contribution < -0.4 is 10.1 Å². The summed E-state index contributed by atoms with van der Waals surface area (Å²) in [7, 11) is 0. The van der Waals surface area contributed by atoms with Crippen LogP contribution in [-0.2, 0) is 6.61 Å². The van der Waals surface area contributed by atoms with Crippen molar-refractivity contribution >= 4 is 11.5 Å². The second-order valence-corrected chi connectivity index (χ2v) is 6.77. The van der Waals surface area contributed by atoms with Gasteiger partial charge in [0, 0.05) is 23.1 Å². The smallest absolute Gasteiger partial charge is 0.168 e. The normalized spacial score (nSPS) is 10.7. The third kappa shape index (κ3) is 4.60. The molecular weight excluding hydrogens is 367 g/mol. The molecule has 146 valence electrons. The second-order valence-electron chi connectivity index (χ2n) is 6.77. The van der Waals surface area contributed by atoms with E-state index in [1.807, 2.05) is 38.1 Å². The zero-order valence-electron chi connectivity index (χ0n) is 16.2. The van der Waals surface area contributed by atoms with Crippen LogP contribution in [0.25, 0.3) is 11.3 Å². The fraction of sp³-hybridized carbons (Fsp3) is 0.130. The molecule has 0 saturated carbocycles. The lowest BCUT2D eigenvalue weighted by Crippen LogP contribution is -2.05. The van der Waals surface area contributed by atoms with Crippen LogP contribution in [0.2, 0.25) is 0 Å². The summed E-state index contributed by atoms with van der Waals surface area (Å²) < 4.78 is 18.7. The quantitative estimate of drug-likeness (QED) is 0.455. The van der Waals surface area contributed by atoms with Crippen molar-refractivity contribution < 1.29 is 9.13 Å². The predicted molar refractivity (Wildman–Crippen MR) is 112 cm³/mol. The van der Waals surface area contributed by atoms with Crippen molar-refractivity contribution in [2.45, 2.75) is 20.5 Å². The molecule has 0 fully saturated rings. The molecule has 4 aromatic rings. The van der Waals surface area contributed by atoms with Gasteiger partial charge in [0.15, 0.2) is 5.82 Å². The van der Waals surface area contributed by atoms with Crippen LogP contribution in [0.5, 0.6) is 5.75 Å². The molecule has 0 bridgehead atoms. The summed E-state index contributed by atoms with van der Waals surface area (Å²) in [5.41, 5.74) is 4.96. The van der Waals surface area contributed by atoms with Crippen molar-refractivity contribution in [1.82, 2.24) is 15.0 Å². The molecule has 0 atom stereocenters. The zero-order valence-corrected chi connectivity index (χ0v) is 16.2. The topological polar surface area (TPSA) is 62.8 Å². The first kappa shape index (κ1) is 18.7. The maximum absolute atomic E-state index is 13.0. The van der Waals surface area contributed by atoms with Gasteiger partial charge in [0.25, 0.3) is 0 Å². The number of rotatable bonds is 6. The standard InChI is InChI=1S/C23H21FN4O/c1-15-12-22(28-23(25-15)14-29-19-10-8-18(24)9-11-19)27-20-13-21(26-16(20)2)17-6-4-3-5-7-17/h3-13,26H,14H2,1-2H3,(H,25,27,28). The molecule has 4 rings (SSSR count). The minimum absolute atomic E-state index is 0.198. The van der Waals surface area contributed by atoms with Gasteiger partial charge in [-0.15, -0.1) is 0 Å². The van der Waals surface area contributed by atoms with Crippen LogP contribution in [0.3, 0.4) is 0 Å². The number of hydrogen-bond donors (Lipinski definition) is 2. The maximum Gasteiger partial charge on any atom is 0.168 e. The Morgan fingerprint density at radius 3 is 2.48 bits per heavy atom. The molecular formula is C23H21FN4O. The lowest BCUT2D eigenvalue weighted by Gasteiger charge is -2.09. The van der Waals surface area contributed by atoms with Gasteiger partial charge in [0.2, 0.25) is 0 Å². The van der Waals surface area contributed by atoms with Crippen LogP contribution in [0.4, 0.5) is 15.9 Å². The molecule has 0 aliphatic carbocycles. The van der Waals surface area contributed by atoms with Gasteiger partial charge < -0.3 is 15.0 Å². The first-order valence-corrected chi connectivity index (χ1v) is 9.32. The monoisotopic (exact) mass is 388 g/mol. The van der Waals surface area contributed by atoms with Gasteiger partial charge in [-0.3, -0.25) is 0 Å². The predicted octanol–water partition coefficient (Wildman–Crippen LogP) is 5.55. The molecule has 0 unspecified atom stereocenters. The van der Waals surface area contributed by atoms with E-state index in [2.05, 4.69) is 38.5 Å². The number of H-pyrrole nitrogens is 1. The Hall–Kier alpha value is -3.67. The van der Waals surface area contributed by atoms with Gasteiger partial charge in [0.05, 0.1) is 5.69 Å². The highest BCUT2D eigenvalue weighted by Gasteiger charge is 2.09. The number of nitrogens with zero attached hydrogens (tertiary/aromatic N) is 2. The highest BCUT2D eigenvalue weighted by Crippen LogP contribution is 2.27. The fourth-order valence-electron chi connectivity index (χ4n) is 3.04. The summed E-state index contributed by atoms with van der Waals surface area (Å²) in [6.07, 6.45) is 0. The van der Waals surface area contributed by atoms with Crippen molar-refractivity contribution in [3.63, 3.8) is 0 Å². The number of aromatic amines is 1. The molecule has 2 aromatic carbocycles. The van der Waals surface area contributed by atoms with Crippen molar-refractivity contribution in [2.24, 2.45) is 0 Å². The number of halogens is 1. The van der Waals surface area contributed by atoms with Crippen molar-refractivity contribution in [1.29, 1.82) is 0 Å². The van der Waals surface area contributed by atoms with E-state index in [-0.39, 0.29) is 12.4 Å². The SMILES string of the molecule is Cc1cc(Nc2cc(-c3ccccc3)[nH]c2C)nc(COc2ccc(F)cc2)n1. The van der Waals surface area contributed by atoms with Crippen molar-refractivity contribution in [3.05, 3.63) is 89.8 Å². The fourth-order valence-corrected chi connectivity index (χ4v) is 3.04. The number of ether oxygens (including phenoxy) is 1. The van der Waals surface area contributed by atoms with Gasteiger partial charge in [-0.2, -0.15) is 0 Å². The van der Waals surface area contributed by atoms with E-state index >= 15 is 0 Å². The average Bonchev–Trinajstić information content (AvgIpc) is 3.08. The zero-order chi connectivity index (χ0) is 20.2. The van der Waals surface area contributed by atoms with Gasteiger partial charge in [-0.05, 0) is 49.7 Å². The van der Waals surface area contributed by atoms with E-state index in [1.54, 1.807) is 12.1 Å². The third-order valence-corrected chi connectivity index (χ3v) is 4.44. The van der Waals surface area contributed by atoms with Gasteiger partial charge >= 0.3 is 0 Å². The molecule has 0 saturated heterocycles. The van der Waals surface area contributed by atoms with Gasteiger partial charge in [-0.25, -0.2) is 14.4 Å². The van der Waals surface area contributed by atoms with E-state index in [0.29, 0.717) is 17.4 Å². The molecule has 0 aliphatic rings. The molecule has 2 N–H and O–H groups in total. The largest absolute Gasteiger partial charge is 0.486 e. The van der Waals surface area contributed by atoms with Crippen LogP contribution in [0, 0.1) is 19.7 Å². The summed E-state index contributed by atoms with van der Waals surface area (Å²) in [6, 6.07) is 20.0. The maximum atomic E-state index is 13.0. The van der Waals surface area contributed by atoms with Crippen LogP contribution in [0.1, 0.15) is 17.2 Å². The first-order chi connectivity index (χ1) is 14.1. The first-order valence-electron chi connectivity index (χ1n) is 9.32. The molecule has 5 nitrogen and oxygen atoms in total. The number of anilines is 2. The Labute approximate surface area is 168 Å². The molecule has 0 spiro atoms. The number of aromatic nitrogens is 3. The van der Waals surface area contributed by atoms with Crippen LogP contribution in [0.15, 0.2) is 66.7 Å². The van der Waals surface area contributed by atoms with Crippen molar-refractivity contribution in [3.8, 4) is 17.0 Å². The molecule has 29 heavy (non-hydrogen) atoms. The Morgan fingerprint density at radius 2 is 1.72 bits per heavy atom. The minimum atomic E-state index is -0.299. The lowest BCUT2D eigenvalue weighted by molar-refractivity contribution is 0.295. The minimum Gasteiger partial charge on any atom is -0.486 e. The summed E-state index contributed by atoms with van der Waals surface area (Å²) in [5, 5.41) is 3.36. The highest BCUT2D eigenvalue weighted by atomic mass is 19.1. The Morgan fingerprint density at radius 1 is 0.966 bits per heavy atom. The summed E-state index contributed by atoms with van der Waals surface area (Å²) in [5.74, 6) is 1.51. The number of hydrogen-bond acceptors (Lipinski definition) is 4.